The number of fused-ring (bicyclic) bond motifs is 2. The van der Waals surface area contributed by atoms with Crippen molar-refractivity contribution < 1.29 is 14.3 Å². The molecule has 0 aromatic heterocycles. The van der Waals surface area contributed by atoms with Crippen LogP contribution in [0.3, 0.4) is 0 Å². The van der Waals surface area contributed by atoms with Crippen molar-refractivity contribution in [2.24, 2.45) is 23.7 Å². The molecule has 3 saturated carbocycles. The van der Waals surface area contributed by atoms with E-state index in [0.717, 1.165) is 38.0 Å². The summed E-state index contributed by atoms with van der Waals surface area (Å²) < 4.78 is 11.2. The second-order valence-corrected chi connectivity index (χ2v) is 9.76. The maximum atomic E-state index is 11.8. The Morgan fingerprint density at radius 3 is 2.37 bits per heavy atom. The normalized spacial score (nSPS) is 37.6. The molecule has 3 unspecified atom stereocenters. The van der Waals surface area contributed by atoms with Gasteiger partial charge in [0, 0.05) is 19.1 Å². The first-order valence-electron chi connectivity index (χ1n) is 11.7. The van der Waals surface area contributed by atoms with E-state index in [0.29, 0.717) is 18.1 Å². The van der Waals surface area contributed by atoms with Gasteiger partial charge in [-0.1, -0.05) is 32.1 Å². The second-order valence-electron chi connectivity index (χ2n) is 9.76. The predicted molar refractivity (Wildman–Crippen MR) is 106 cm³/mol. The molecule has 3 aliphatic carbocycles. The molecule has 4 fully saturated rings. The Labute approximate surface area is 165 Å². The first kappa shape index (κ1) is 19.7. The van der Waals surface area contributed by atoms with Crippen molar-refractivity contribution in [3.8, 4) is 0 Å². The quantitative estimate of drug-likeness (QED) is 0.616. The van der Waals surface area contributed by atoms with Gasteiger partial charge in [0.1, 0.15) is 0 Å². The third kappa shape index (κ3) is 4.87. The molecule has 0 amide bonds. The molecule has 4 heteroatoms. The summed E-state index contributed by atoms with van der Waals surface area (Å²) in [5.74, 6) is 2.66. The molecule has 1 heterocycles. The van der Waals surface area contributed by atoms with E-state index in [9.17, 15) is 4.79 Å². The third-order valence-electron chi connectivity index (χ3n) is 8.08. The Morgan fingerprint density at radius 1 is 0.963 bits per heavy atom. The average molecular weight is 378 g/mol. The molecule has 1 aliphatic heterocycles. The van der Waals surface area contributed by atoms with Crippen LogP contribution in [0.1, 0.15) is 77.0 Å². The Bertz CT molecular complexity index is 482. The zero-order chi connectivity index (χ0) is 18.6. The van der Waals surface area contributed by atoms with Crippen LogP contribution in [0.2, 0.25) is 0 Å². The summed E-state index contributed by atoms with van der Waals surface area (Å²) >= 11 is 0. The lowest BCUT2D eigenvalue weighted by Crippen LogP contribution is -2.40. The maximum absolute atomic E-state index is 11.8. The Hall–Kier alpha value is -0.610. The van der Waals surface area contributed by atoms with Gasteiger partial charge < -0.3 is 9.47 Å². The number of carbonyl (C=O) groups excluding carboxylic acids is 1. The Kier molecular flexibility index (Phi) is 6.75. The van der Waals surface area contributed by atoms with Crippen molar-refractivity contribution in [2.75, 3.05) is 26.8 Å². The summed E-state index contributed by atoms with van der Waals surface area (Å²) in [5, 5.41) is 0. The highest BCUT2D eigenvalue weighted by Gasteiger charge is 2.47. The van der Waals surface area contributed by atoms with Gasteiger partial charge in [-0.2, -0.15) is 0 Å². The van der Waals surface area contributed by atoms with Gasteiger partial charge in [-0.3, -0.25) is 9.69 Å². The van der Waals surface area contributed by atoms with Gasteiger partial charge in [0.25, 0.3) is 0 Å². The zero-order valence-electron chi connectivity index (χ0n) is 17.2. The summed E-state index contributed by atoms with van der Waals surface area (Å²) in [6, 6.07) is 0.578. The molecular formula is C23H39NO3. The fourth-order valence-electron chi connectivity index (χ4n) is 6.52. The molecule has 2 bridgehead atoms. The number of esters is 1. The standard InChI is InChI=1S/C23H39NO3/c1-26-23(25)22-15-20-14-19(22)16-24(20)11-12-27-21-9-7-18(8-10-21)13-17-5-3-2-4-6-17/h17-22H,2-16H2,1H3. The van der Waals surface area contributed by atoms with Crippen LogP contribution in [0.15, 0.2) is 0 Å². The number of piperidine rings is 1. The minimum Gasteiger partial charge on any atom is -0.469 e. The van der Waals surface area contributed by atoms with E-state index < -0.39 is 0 Å². The summed E-state index contributed by atoms with van der Waals surface area (Å²) in [6.07, 6.45) is 16.9. The zero-order valence-corrected chi connectivity index (χ0v) is 17.2. The minimum atomic E-state index is 0.00314. The molecule has 27 heavy (non-hydrogen) atoms. The summed E-state index contributed by atoms with van der Waals surface area (Å²) in [4.78, 5) is 14.4. The molecule has 0 aromatic rings. The number of nitrogens with zero attached hydrogens (tertiary/aromatic N) is 1. The lowest BCUT2D eigenvalue weighted by atomic mass is 9.77. The monoisotopic (exact) mass is 377 g/mol. The first-order valence-corrected chi connectivity index (χ1v) is 11.7. The molecule has 0 radical (unpaired) electrons. The van der Waals surface area contributed by atoms with Crippen molar-refractivity contribution >= 4 is 5.97 Å². The van der Waals surface area contributed by atoms with Crippen molar-refractivity contribution in [2.45, 2.75) is 89.2 Å². The number of carbonyl (C=O) groups is 1. The predicted octanol–water partition coefficient (Wildman–Crippen LogP) is 4.42. The smallest absolute Gasteiger partial charge is 0.309 e. The van der Waals surface area contributed by atoms with Crippen LogP contribution >= 0.6 is 0 Å². The number of ether oxygens (including phenoxy) is 2. The summed E-state index contributed by atoms with van der Waals surface area (Å²) in [7, 11) is 1.52. The Balaban J connectivity index is 1.09. The number of hydrogen-bond donors (Lipinski definition) is 0. The molecule has 3 atom stereocenters. The van der Waals surface area contributed by atoms with Crippen molar-refractivity contribution in [3.63, 3.8) is 0 Å². The number of rotatable bonds is 7. The highest BCUT2D eigenvalue weighted by atomic mass is 16.5. The van der Waals surface area contributed by atoms with Crippen molar-refractivity contribution in [1.29, 1.82) is 0 Å². The fourth-order valence-corrected chi connectivity index (χ4v) is 6.52. The topological polar surface area (TPSA) is 38.8 Å². The van der Waals surface area contributed by atoms with Gasteiger partial charge >= 0.3 is 5.97 Å². The maximum Gasteiger partial charge on any atom is 0.309 e. The van der Waals surface area contributed by atoms with Crippen LogP contribution in [-0.4, -0.2) is 49.8 Å². The summed E-state index contributed by atoms with van der Waals surface area (Å²) in [5.41, 5.74) is 0. The molecule has 4 aliphatic rings. The lowest BCUT2D eigenvalue weighted by molar-refractivity contribution is -0.147. The molecule has 0 spiro atoms. The van der Waals surface area contributed by atoms with Crippen LogP contribution < -0.4 is 0 Å². The first-order chi connectivity index (χ1) is 13.2. The van der Waals surface area contributed by atoms with Crippen LogP contribution in [0.5, 0.6) is 0 Å². The van der Waals surface area contributed by atoms with Crippen molar-refractivity contribution in [1.82, 2.24) is 4.90 Å². The lowest BCUT2D eigenvalue weighted by Gasteiger charge is -2.33. The fraction of sp³-hybridized carbons (Fsp3) is 0.957. The van der Waals surface area contributed by atoms with Gasteiger partial charge in [0.05, 0.1) is 25.7 Å². The van der Waals surface area contributed by atoms with Gasteiger partial charge in [0.15, 0.2) is 0 Å². The van der Waals surface area contributed by atoms with Gasteiger partial charge in [-0.15, -0.1) is 0 Å². The highest BCUT2D eigenvalue weighted by Crippen LogP contribution is 2.42. The van der Waals surface area contributed by atoms with Gasteiger partial charge in [0.2, 0.25) is 0 Å². The van der Waals surface area contributed by atoms with Gasteiger partial charge in [-0.25, -0.2) is 0 Å². The van der Waals surface area contributed by atoms with E-state index in [1.54, 1.807) is 0 Å². The molecule has 1 saturated heterocycles. The largest absolute Gasteiger partial charge is 0.469 e. The molecule has 4 nitrogen and oxygen atoms in total. The van der Waals surface area contributed by atoms with Crippen LogP contribution in [0.25, 0.3) is 0 Å². The van der Waals surface area contributed by atoms with Crippen molar-refractivity contribution in [3.05, 3.63) is 0 Å². The number of hydrogen-bond acceptors (Lipinski definition) is 4. The van der Waals surface area contributed by atoms with E-state index in [1.807, 2.05) is 0 Å². The molecule has 0 aromatic carbocycles. The van der Waals surface area contributed by atoms with E-state index in [-0.39, 0.29) is 11.9 Å². The van der Waals surface area contributed by atoms with E-state index in [1.165, 1.54) is 77.7 Å². The third-order valence-corrected chi connectivity index (χ3v) is 8.08. The van der Waals surface area contributed by atoms with Gasteiger partial charge in [-0.05, 0) is 62.7 Å². The second kappa shape index (κ2) is 9.26. The highest BCUT2D eigenvalue weighted by molar-refractivity contribution is 5.73. The molecule has 0 N–H and O–H groups in total. The van der Waals surface area contributed by atoms with E-state index in [2.05, 4.69) is 4.90 Å². The van der Waals surface area contributed by atoms with E-state index in [4.69, 9.17) is 9.47 Å². The molecule has 4 rings (SSSR count). The average Bonchev–Trinajstić information content (AvgIpc) is 3.30. The van der Waals surface area contributed by atoms with Crippen LogP contribution in [-0.2, 0) is 14.3 Å². The van der Waals surface area contributed by atoms with Crippen LogP contribution in [0, 0.1) is 23.7 Å². The Morgan fingerprint density at radius 2 is 1.70 bits per heavy atom. The summed E-state index contributed by atoms with van der Waals surface area (Å²) in [6.45, 7) is 2.96. The molecular weight excluding hydrogens is 338 g/mol. The van der Waals surface area contributed by atoms with Crippen LogP contribution in [0.4, 0.5) is 0 Å². The molecule has 154 valence electrons. The SMILES string of the molecule is COC(=O)C1CC2CC1CN2CCOC1CCC(CC2CCCCC2)CC1. The minimum absolute atomic E-state index is 0.00314. The number of methoxy groups -OCH3 is 1. The number of likely N-dealkylation sites (tertiary alicyclic amines) is 1. The van der Waals surface area contributed by atoms with E-state index >= 15 is 0 Å².